The summed E-state index contributed by atoms with van der Waals surface area (Å²) in [6.07, 6.45) is 2.80. The van der Waals surface area contributed by atoms with Crippen LogP contribution >= 0.6 is 0 Å². The second-order valence-electron chi connectivity index (χ2n) is 6.96. The quantitative estimate of drug-likeness (QED) is 0.739. The van der Waals surface area contributed by atoms with Crippen molar-refractivity contribution in [3.63, 3.8) is 0 Å². The number of rotatable bonds is 4. The second kappa shape index (κ2) is 7.34. The Morgan fingerprint density at radius 2 is 1.82 bits per heavy atom. The van der Waals surface area contributed by atoms with Crippen LogP contribution < -0.4 is 9.04 Å². The van der Waals surface area contributed by atoms with E-state index in [1.165, 1.54) is 4.31 Å². The lowest BCUT2D eigenvalue weighted by atomic mass is 10.0. The van der Waals surface area contributed by atoms with Crippen molar-refractivity contribution in [3.05, 3.63) is 48.5 Å². The van der Waals surface area contributed by atoms with E-state index in [1.807, 2.05) is 48.5 Å². The molecule has 2 aliphatic heterocycles. The standard InChI is InChI=1S/C20H22N4O3S/c1-27-20-7-3-5-17(13-20)16-4-2-6-18(12-16)23-10-11-24(28(23,25)26)19-8-9-22(14-19)15-21/h2-7,12-13,19H,8-11,14H2,1H3/t19-/m1/s1. The first-order valence-electron chi connectivity index (χ1n) is 9.21. The summed E-state index contributed by atoms with van der Waals surface area (Å²) < 4.78 is 34.6. The van der Waals surface area contributed by atoms with Crippen LogP contribution in [0.2, 0.25) is 0 Å². The third-order valence-corrected chi connectivity index (χ3v) is 7.37. The molecule has 0 spiro atoms. The number of ether oxygens (including phenoxy) is 1. The molecule has 2 aliphatic rings. The van der Waals surface area contributed by atoms with Gasteiger partial charge in [-0.15, -0.1) is 0 Å². The lowest BCUT2D eigenvalue weighted by Gasteiger charge is -2.24. The first-order valence-corrected chi connectivity index (χ1v) is 10.6. The van der Waals surface area contributed by atoms with E-state index in [0.29, 0.717) is 38.3 Å². The number of hydrogen-bond acceptors (Lipinski definition) is 5. The summed E-state index contributed by atoms with van der Waals surface area (Å²) in [5.74, 6) is 0.756. The number of methoxy groups -OCH3 is 1. The van der Waals surface area contributed by atoms with Gasteiger partial charge in [0, 0.05) is 32.2 Å². The molecule has 8 heteroatoms. The largest absolute Gasteiger partial charge is 0.497 e. The minimum absolute atomic E-state index is 0.142. The summed E-state index contributed by atoms with van der Waals surface area (Å²) in [6.45, 7) is 1.93. The van der Waals surface area contributed by atoms with Gasteiger partial charge in [0.05, 0.1) is 12.8 Å². The molecule has 146 valence electrons. The molecule has 0 bridgehead atoms. The summed E-state index contributed by atoms with van der Waals surface area (Å²) in [6, 6.07) is 15.1. The van der Waals surface area contributed by atoms with Crippen molar-refractivity contribution >= 4 is 15.9 Å². The number of nitrogens with zero attached hydrogens (tertiary/aromatic N) is 4. The average molecular weight is 398 g/mol. The smallest absolute Gasteiger partial charge is 0.304 e. The van der Waals surface area contributed by atoms with Crippen molar-refractivity contribution in [3.8, 4) is 23.1 Å². The fourth-order valence-corrected chi connectivity index (χ4v) is 5.70. The van der Waals surface area contributed by atoms with E-state index in [-0.39, 0.29) is 6.04 Å². The van der Waals surface area contributed by atoms with Gasteiger partial charge in [-0.25, -0.2) is 0 Å². The Bertz CT molecular complexity index is 1020. The van der Waals surface area contributed by atoms with E-state index >= 15 is 0 Å². The van der Waals surface area contributed by atoms with Crippen LogP contribution in [0.5, 0.6) is 5.75 Å². The Kier molecular flexibility index (Phi) is 4.87. The Morgan fingerprint density at radius 1 is 1.07 bits per heavy atom. The number of benzene rings is 2. The molecular weight excluding hydrogens is 376 g/mol. The van der Waals surface area contributed by atoms with Gasteiger partial charge in [-0.2, -0.15) is 18.0 Å². The van der Waals surface area contributed by atoms with Crippen molar-refractivity contribution < 1.29 is 13.2 Å². The van der Waals surface area contributed by atoms with Gasteiger partial charge >= 0.3 is 10.2 Å². The zero-order valence-corrected chi connectivity index (χ0v) is 16.5. The lowest BCUT2D eigenvalue weighted by molar-refractivity contribution is 0.345. The molecule has 0 aliphatic carbocycles. The third kappa shape index (κ3) is 3.28. The van der Waals surface area contributed by atoms with Crippen LogP contribution in [0.3, 0.4) is 0 Å². The van der Waals surface area contributed by atoms with E-state index in [0.717, 1.165) is 16.9 Å². The summed E-state index contributed by atoms with van der Waals surface area (Å²) in [5, 5.41) is 9.05. The third-order valence-electron chi connectivity index (χ3n) is 5.35. The molecule has 1 atom stereocenters. The van der Waals surface area contributed by atoms with Crippen molar-refractivity contribution in [1.82, 2.24) is 9.21 Å². The number of likely N-dealkylation sites (tertiary alicyclic amines) is 1. The molecule has 2 fully saturated rings. The maximum Gasteiger partial charge on any atom is 0.304 e. The molecule has 0 amide bonds. The van der Waals surface area contributed by atoms with E-state index in [9.17, 15) is 8.42 Å². The first kappa shape index (κ1) is 18.6. The summed E-state index contributed by atoms with van der Waals surface area (Å²) >= 11 is 0. The molecule has 0 saturated carbocycles. The van der Waals surface area contributed by atoms with Gasteiger partial charge < -0.3 is 9.64 Å². The van der Waals surface area contributed by atoms with Gasteiger partial charge in [0.1, 0.15) is 5.75 Å². The van der Waals surface area contributed by atoms with Gasteiger partial charge in [-0.05, 0) is 41.8 Å². The Morgan fingerprint density at radius 3 is 2.54 bits per heavy atom. The monoisotopic (exact) mass is 398 g/mol. The normalized spacial score (nSPS) is 21.6. The molecule has 0 aromatic heterocycles. The number of nitriles is 1. The maximum absolute atomic E-state index is 13.2. The van der Waals surface area contributed by atoms with Gasteiger partial charge in [-0.1, -0.05) is 24.3 Å². The highest BCUT2D eigenvalue weighted by Crippen LogP contribution is 2.32. The Labute approximate surface area is 165 Å². The first-order chi connectivity index (χ1) is 13.5. The zero-order valence-electron chi connectivity index (χ0n) is 15.7. The fourth-order valence-electron chi connectivity index (χ4n) is 3.89. The summed E-state index contributed by atoms with van der Waals surface area (Å²) in [7, 11) is -1.98. The molecule has 0 unspecified atom stereocenters. The molecule has 0 radical (unpaired) electrons. The molecule has 2 heterocycles. The van der Waals surface area contributed by atoms with E-state index in [1.54, 1.807) is 16.3 Å². The average Bonchev–Trinajstić information content (AvgIpc) is 3.31. The second-order valence-corrected chi connectivity index (χ2v) is 8.77. The van der Waals surface area contributed by atoms with E-state index in [2.05, 4.69) is 6.19 Å². The number of hydrogen-bond donors (Lipinski definition) is 0. The molecular formula is C20H22N4O3S. The van der Waals surface area contributed by atoms with Gasteiger partial charge in [-0.3, -0.25) is 4.31 Å². The van der Waals surface area contributed by atoms with Gasteiger partial charge in [0.25, 0.3) is 0 Å². The highest BCUT2D eigenvalue weighted by Gasteiger charge is 2.43. The highest BCUT2D eigenvalue weighted by atomic mass is 32.2. The SMILES string of the molecule is COc1cccc(-c2cccc(N3CCN([C@@H]4CCN(C#N)C4)S3(=O)=O)c2)c1. The van der Waals surface area contributed by atoms with Gasteiger partial charge in [0.15, 0.2) is 6.19 Å². The molecule has 7 nitrogen and oxygen atoms in total. The van der Waals surface area contributed by atoms with Crippen LogP contribution in [0, 0.1) is 11.5 Å². The molecule has 4 rings (SSSR count). The van der Waals surface area contributed by atoms with Crippen LogP contribution in [0.1, 0.15) is 6.42 Å². The van der Waals surface area contributed by atoms with Crippen molar-refractivity contribution in [1.29, 1.82) is 5.26 Å². The Balaban J connectivity index is 1.61. The predicted molar refractivity (Wildman–Crippen MR) is 107 cm³/mol. The fraction of sp³-hybridized carbons (Fsp3) is 0.350. The Hall–Kier alpha value is -2.76. The summed E-state index contributed by atoms with van der Waals surface area (Å²) in [4.78, 5) is 1.62. The van der Waals surface area contributed by atoms with E-state index < -0.39 is 10.2 Å². The van der Waals surface area contributed by atoms with Crippen LogP contribution in [-0.4, -0.2) is 57.0 Å². The van der Waals surface area contributed by atoms with E-state index in [4.69, 9.17) is 10.00 Å². The van der Waals surface area contributed by atoms with Crippen LogP contribution in [-0.2, 0) is 10.2 Å². The predicted octanol–water partition coefficient (Wildman–Crippen LogP) is 2.28. The lowest BCUT2D eigenvalue weighted by Crippen LogP contribution is -2.41. The minimum Gasteiger partial charge on any atom is -0.497 e. The zero-order chi connectivity index (χ0) is 19.7. The minimum atomic E-state index is -3.60. The maximum atomic E-state index is 13.2. The molecule has 2 aromatic carbocycles. The molecule has 0 N–H and O–H groups in total. The molecule has 2 aromatic rings. The van der Waals surface area contributed by atoms with Crippen LogP contribution in [0.15, 0.2) is 48.5 Å². The van der Waals surface area contributed by atoms with Crippen molar-refractivity contribution in [2.45, 2.75) is 12.5 Å². The molecule has 2 saturated heterocycles. The summed E-state index contributed by atoms with van der Waals surface area (Å²) in [5.41, 5.74) is 2.55. The number of anilines is 1. The highest BCUT2D eigenvalue weighted by molar-refractivity contribution is 7.90. The van der Waals surface area contributed by atoms with Crippen LogP contribution in [0.25, 0.3) is 11.1 Å². The van der Waals surface area contributed by atoms with Crippen molar-refractivity contribution in [2.75, 3.05) is 37.6 Å². The molecule has 28 heavy (non-hydrogen) atoms. The van der Waals surface area contributed by atoms with Crippen molar-refractivity contribution in [2.24, 2.45) is 0 Å². The topological polar surface area (TPSA) is 76.9 Å². The van der Waals surface area contributed by atoms with Gasteiger partial charge in [0.2, 0.25) is 0 Å². The van der Waals surface area contributed by atoms with Crippen LogP contribution in [0.4, 0.5) is 5.69 Å².